The molecule has 2 aromatic heterocycles. The molecule has 3 heterocycles. The number of aromatic nitrogens is 2. The van der Waals surface area contributed by atoms with E-state index >= 15 is 0 Å². The maximum Gasteiger partial charge on any atom is 0.116 e. The molecule has 1 saturated heterocycles. The van der Waals surface area contributed by atoms with Crippen molar-refractivity contribution in [3.8, 4) is 11.1 Å². The molecule has 0 aliphatic carbocycles. The Balaban J connectivity index is 2.18. The predicted octanol–water partition coefficient (Wildman–Crippen LogP) is 3.52. The molecular formula is C21H30N4. The van der Waals surface area contributed by atoms with Crippen molar-refractivity contribution in [2.45, 2.75) is 26.7 Å². The molecule has 0 aromatic carbocycles. The predicted molar refractivity (Wildman–Crippen MR) is 106 cm³/mol. The number of rotatable bonds is 5. The molecule has 1 fully saturated rings. The molecule has 4 heteroatoms. The fraction of sp³-hybridized carbons (Fsp3) is 0.476. The van der Waals surface area contributed by atoms with Gasteiger partial charge >= 0.3 is 0 Å². The van der Waals surface area contributed by atoms with Crippen LogP contribution in [-0.4, -0.2) is 47.7 Å². The Morgan fingerprint density at radius 3 is 2.32 bits per heavy atom. The molecule has 3 rings (SSSR count). The first-order valence-electron chi connectivity index (χ1n) is 9.21. The fourth-order valence-corrected chi connectivity index (χ4v) is 3.93. The Labute approximate surface area is 151 Å². The minimum atomic E-state index is 0.933. The van der Waals surface area contributed by atoms with Gasteiger partial charge in [-0.05, 0) is 50.1 Å². The third-order valence-corrected chi connectivity index (χ3v) is 5.18. The number of pyridine rings is 1. The maximum atomic E-state index is 4.22. The normalized spacial score (nSPS) is 15.6. The van der Waals surface area contributed by atoms with Gasteiger partial charge in [0.1, 0.15) is 5.82 Å². The number of allylic oxidation sites excluding steroid dienone is 1. The van der Waals surface area contributed by atoms with E-state index in [2.05, 4.69) is 66.0 Å². The van der Waals surface area contributed by atoms with Gasteiger partial charge in [-0.3, -0.25) is 4.98 Å². The van der Waals surface area contributed by atoms with Gasteiger partial charge in [-0.1, -0.05) is 19.1 Å². The molecule has 0 radical (unpaired) electrons. The zero-order valence-corrected chi connectivity index (χ0v) is 16.0. The van der Waals surface area contributed by atoms with Crippen molar-refractivity contribution >= 4 is 5.82 Å². The van der Waals surface area contributed by atoms with Gasteiger partial charge in [0.2, 0.25) is 0 Å². The summed E-state index contributed by atoms with van der Waals surface area (Å²) in [6.07, 6.45) is 5.76. The summed E-state index contributed by atoms with van der Waals surface area (Å²) in [5.41, 5.74) is 6.69. The van der Waals surface area contributed by atoms with Crippen LogP contribution in [0.5, 0.6) is 0 Å². The summed E-state index contributed by atoms with van der Waals surface area (Å²) < 4.78 is 2.42. The number of piperazine rings is 1. The van der Waals surface area contributed by atoms with Crippen molar-refractivity contribution in [1.29, 1.82) is 0 Å². The Bertz CT molecular complexity index is 737. The first kappa shape index (κ1) is 17.7. The summed E-state index contributed by atoms with van der Waals surface area (Å²) in [5.74, 6) is 1.35. The smallest absolute Gasteiger partial charge is 0.116 e. The molecule has 1 aliphatic rings. The molecule has 0 unspecified atom stereocenters. The average molecular weight is 338 g/mol. The largest absolute Gasteiger partial charge is 0.355 e. The molecule has 1 aliphatic heterocycles. The van der Waals surface area contributed by atoms with E-state index in [1.54, 1.807) is 0 Å². The molecule has 0 N–H and O–H groups in total. The topological polar surface area (TPSA) is 24.3 Å². The van der Waals surface area contributed by atoms with Gasteiger partial charge in [0, 0.05) is 56.9 Å². The lowest BCUT2D eigenvalue weighted by atomic mass is 9.97. The van der Waals surface area contributed by atoms with Crippen molar-refractivity contribution < 1.29 is 0 Å². The summed E-state index contributed by atoms with van der Waals surface area (Å²) in [5, 5.41) is 0. The molecule has 0 bridgehead atoms. The van der Waals surface area contributed by atoms with Gasteiger partial charge in [0.25, 0.3) is 0 Å². The van der Waals surface area contributed by atoms with E-state index in [1.807, 2.05) is 12.4 Å². The second-order valence-corrected chi connectivity index (χ2v) is 7.20. The molecule has 134 valence electrons. The van der Waals surface area contributed by atoms with Gasteiger partial charge in [-0.2, -0.15) is 0 Å². The molecule has 0 spiro atoms. The average Bonchev–Trinajstić information content (AvgIpc) is 2.87. The van der Waals surface area contributed by atoms with Crippen molar-refractivity contribution in [3.05, 3.63) is 47.9 Å². The fourth-order valence-electron chi connectivity index (χ4n) is 3.93. The molecule has 4 nitrogen and oxygen atoms in total. The Kier molecular flexibility index (Phi) is 5.28. The zero-order valence-electron chi connectivity index (χ0n) is 16.0. The van der Waals surface area contributed by atoms with Crippen LogP contribution in [0.2, 0.25) is 0 Å². The molecular weight excluding hydrogens is 308 g/mol. The van der Waals surface area contributed by atoms with Crippen LogP contribution in [0.4, 0.5) is 5.82 Å². The summed E-state index contributed by atoms with van der Waals surface area (Å²) >= 11 is 0. The minimum absolute atomic E-state index is 0.933. The van der Waals surface area contributed by atoms with Crippen LogP contribution in [-0.2, 0) is 19.9 Å². The molecule has 0 saturated carbocycles. The second kappa shape index (κ2) is 7.44. The minimum Gasteiger partial charge on any atom is -0.355 e. The lowest BCUT2D eigenvalue weighted by Crippen LogP contribution is -2.45. The highest BCUT2D eigenvalue weighted by atomic mass is 15.3. The van der Waals surface area contributed by atoms with E-state index in [-0.39, 0.29) is 0 Å². The van der Waals surface area contributed by atoms with Gasteiger partial charge in [-0.15, -0.1) is 0 Å². The summed E-state index contributed by atoms with van der Waals surface area (Å²) in [6, 6.07) is 4.27. The monoisotopic (exact) mass is 338 g/mol. The lowest BCUT2D eigenvalue weighted by molar-refractivity contribution is 0.311. The molecule has 0 amide bonds. The van der Waals surface area contributed by atoms with E-state index in [9.17, 15) is 0 Å². The van der Waals surface area contributed by atoms with Gasteiger partial charge < -0.3 is 14.4 Å². The van der Waals surface area contributed by atoms with Crippen molar-refractivity contribution in [2.75, 3.05) is 38.1 Å². The first-order valence-corrected chi connectivity index (χ1v) is 9.21. The number of hydrogen-bond donors (Lipinski definition) is 0. The van der Waals surface area contributed by atoms with E-state index in [4.69, 9.17) is 0 Å². The third kappa shape index (κ3) is 3.49. The number of likely N-dealkylation sites (N-methyl/N-ethyl adjacent to an activating group) is 1. The van der Waals surface area contributed by atoms with Crippen LogP contribution in [0.1, 0.15) is 25.1 Å². The molecule has 25 heavy (non-hydrogen) atoms. The highest BCUT2D eigenvalue weighted by molar-refractivity contribution is 5.82. The van der Waals surface area contributed by atoms with Crippen LogP contribution < -0.4 is 4.90 Å². The van der Waals surface area contributed by atoms with Crippen molar-refractivity contribution in [1.82, 2.24) is 14.5 Å². The third-order valence-electron chi connectivity index (χ3n) is 5.18. The Morgan fingerprint density at radius 2 is 1.76 bits per heavy atom. The number of anilines is 1. The van der Waals surface area contributed by atoms with Crippen LogP contribution in [0.15, 0.2) is 36.7 Å². The highest BCUT2D eigenvalue weighted by Crippen LogP contribution is 2.39. The van der Waals surface area contributed by atoms with Gasteiger partial charge in [0.05, 0.1) is 0 Å². The van der Waals surface area contributed by atoms with Crippen LogP contribution in [0.3, 0.4) is 0 Å². The maximum absolute atomic E-state index is 4.22. The number of hydrogen-bond acceptors (Lipinski definition) is 3. The van der Waals surface area contributed by atoms with Crippen LogP contribution >= 0.6 is 0 Å². The molecule has 0 atom stereocenters. The summed E-state index contributed by atoms with van der Waals surface area (Å²) in [6.45, 7) is 12.9. The van der Waals surface area contributed by atoms with Gasteiger partial charge in [-0.25, -0.2) is 0 Å². The first-order chi connectivity index (χ1) is 12.0. The van der Waals surface area contributed by atoms with Crippen LogP contribution in [0.25, 0.3) is 11.1 Å². The Hall–Kier alpha value is -2.07. The Morgan fingerprint density at radius 1 is 1.12 bits per heavy atom. The SMILES string of the molecule is C=C(C)Cc1c(-c2ccncc2)c(N2CCN(C)CC2)n(C)c1CC. The lowest BCUT2D eigenvalue weighted by Gasteiger charge is -2.35. The standard InChI is InChI=1S/C21H30N4/c1-6-19-18(15-16(2)3)20(17-7-9-22-10-8-17)21(24(19)5)25-13-11-23(4)12-14-25/h7-10H,2,6,11-15H2,1,3-5H3. The summed E-state index contributed by atoms with van der Waals surface area (Å²) in [4.78, 5) is 9.17. The van der Waals surface area contributed by atoms with E-state index in [0.29, 0.717) is 0 Å². The zero-order chi connectivity index (χ0) is 18.0. The van der Waals surface area contributed by atoms with E-state index in [0.717, 1.165) is 39.0 Å². The summed E-state index contributed by atoms with van der Waals surface area (Å²) in [7, 11) is 4.43. The van der Waals surface area contributed by atoms with E-state index in [1.165, 1.54) is 33.8 Å². The van der Waals surface area contributed by atoms with Crippen LogP contribution in [0, 0.1) is 0 Å². The molecule has 2 aromatic rings. The second-order valence-electron chi connectivity index (χ2n) is 7.20. The highest BCUT2D eigenvalue weighted by Gasteiger charge is 2.26. The van der Waals surface area contributed by atoms with Gasteiger partial charge in [0.15, 0.2) is 0 Å². The van der Waals surface area contributed by atoms with E-state index < -0.39 is 0 Å². The van der Waals surface area contributed by atoms with Crippen molar-refractivity contribution in [3.63, 3.8) is 0 Å². The number of nitrogens with zero attached hydrogens (tertiary/aromatic N) is 4. The quantitative estimate of drug-likeness (QED) is 0.780. The van der Waals surface area contributed by atoms with Crippen molar-refractivity contribution in [2.24, 2.45) is 7.05 Å².